The van der Waals surface area contributed by atoms with Gasteiger partial charge in [-0.1, -0.05) is 11.6 Å². The average molecular weight is 297 g/mol. The Bertz CT molecular complexity index is 728. The molecular weight excluding hydrogens is 272 g/mol. The first-order valence-corrected chi connectivity index (χ1v) is 8.43. The van der Waals surface area contributed by atoms with Crippen LogP contribution in [0.5, 0.6) is 5.75 Å². The Morgan fingerprint density at radius 2 is 2.18 bits per heavy atom. The molecule has 0 spiro atoms. The maximum Gasteiger partial charge on any atom is 0.130 e. The Labute approximate surface area is 131 Å². The van der Waals surface area contributed by atoms with Crippen molar-refractivity contribution in [1.29, 1.82) is 0 Å². The smallest absolute Gasteiger partial charge is 0.130 e. The number of fused-ring (bicyclic) bond motifs is 3. The fourth-order valence-electron chi connectivity index (χ4n) is 4.19. The normalized spacial score (nSPS) is 24.9. The molecule has 0 saturated heterocycles. The summed E-state index contributed by atoms with van der Waals surface area (Å²) in [5.41, 5.74) is 5.81. The van der Waals surface area contributed by atoms with Gasteiger partial charge in [-0.15, -0.1) is 0 Å². The highest BCUT2D eigenvalue weighted by molar-refractivity contribution is 5.86. The zero-order chi connectivity index (χ0) is 15.1. The molecule has 4 rings (SSSR count). The number of benzene rings is 1. The number of H-pyrrole nitrogens is 1. The maximum atomic E-state index is 5.41. The number of nitrogens with one attached hydrogen (secondary N) is 1. The maximum absolute atomic E-state index is 5.41. The van der Waals surface area contributed by atoms with Crippen molar-refractivity contribution in [2.75, 3.05) is 13.7 Å². The molecule has 1 aromatic heterocycles. The van der Waals surface area contributed by atoms with Gasteiger partial charge in [0.05, 0.1) is 19.3 Å². The number of allylic oxidation sites excluding steroid dienone is 2. The van der Waals surface area contributed by atoms with Crippen LogP contribution < -0.4 is 10.1 Å². The lowest BCUT2D eigenvalue weighted by molar-refractivity contribution is -0.706. The van der Waals surface area contributed by atoms with Crippen LogP contribution in [-0.2, 0) is 6.42 Å². The number of aromatic nitrogens is 1. The van der Waals surface area contributed by atoms with Gasteiger partial charge in [-0.05, 0) is 49.9 Å². The predicted molar refractivity (Wildman–Crippen MR) is 89.2 cm³/mol. The minimum absolute atomic E-state index is 0.589. The lowest BCUT2D eigenvalue weighted by Gasteiger charge is -2.30. The van der Waals surface area contributed by atoms with Crippen LogP contribution in [0.4, 0.5) is 0 Å². The number of quaternary nitrogens is 1. The van der Waals surface area contributed by atoms with Crippen molar-refractivity contribution in [3.05, 3.63) is 41.1 Å². The molecular formula is C19H25N2O+. The van der Waals surface area contributed by atoms with E-state index in [-0.39, 0.29) is 0 Å². The Morgan fingerprint density at radius 3 is 2.95 bits per heavy atom. The van der Waals surface area contributed by atoms with Crippen LogP contribution in [0, 0.1) is 5.92 Å². The number of hydrogen-bond donors (Lipinski definition) is 2. The molecule has 116 valence electrons. The van der Waals surface area contributed by atoms with E-state index in [1.165, 1.54) is 48.0 Å². The molecule has 2 aliphatic rings. The number of aromatic amines is 1. The Hall–Kier alpha value is -1.74. The average Bonchev–Trinajstić information content (AvgIpc) is 2.93. The van der Waals surface area contributed by atoms with E-state index in [0.29, 0.717) is 6.04 Å². The highest BCUT2D eigenvalue weighted by Crippen LogP contribution is 2.37. The summed E-state index contributed by atoms with van der Waals surface area (Å²) in [7, 11) is 1.74. The quantitative estimate of drug-likeness (QED) is 0.822. The molecule has 1 aliphatic heterocycles. The van der Waals surface area contributed by atoms with Crippen LogP contribution in [0.1, 0.15) is 43.5 Å². The second kappa shape index (κ2) is 5.47. The first-order chi connectivity index (χ1) is 10.8. The van der Waals surface area contributed by atoms with Crippen LogP contribution in [0.15, 0.2) is 29.8 Å². The summed E-state index contributed by atoms with van der Waals surface area (Å²) in [6.45, 7) is 3.46. The second-order valence-electron chi connectivity index (χ2n) is 6.81. The first kappa shape index (κ1) is 13.9. The number of ether oxygens (including phenoxy) is 1. The Kier molecular flexibility index (Phi) is 3.45. The third-order valence-corrected chi connectivity index (χ3v) is 5.48. The summed E-state index contributed by atoms with van der Waals surface area (Å²) in [6.07, 6.45) is 7.41. The van der Waals surface area contributed by atoms with Crippen LogP contribution in [0.25, 0.3) is 10.9 Å². The fraction of sp³-hybridized carbons (Fsp3) is 0.474. The van der Waals surface area contributed by atoms with Gasteiger partial charge in [0.2, 0.25) is 0 Å². The molecule has 2 atom stereocenters. The lowest BCUT2D eigenvalue weighted by atomic mass is 9.81. The topological polar surface area (TPSA) is 41.6 Å². The van der Waals surface area contributed by atoms with Crippen molar-refractivity contribution in [3.63, 3.8) is 0 Å². The van der Waals surface area contributed by atoms with Gasteiger partial charge in [-0.3, -0.25) is 0 Å². The highest BCUT2D eigenvalue weighted by atomic mass is 16.5. The minimum Gasteiger partial charge on any atom is -0.497 e. The predicted octanol–water partition coefficient (Wildman–Crippen LogP) is 3.08. The minimum atomic E-state index is 0.589. The third kappa shape index (κ3) is 2.24. The summed E-state index contributed by atoms with van der Waals surface area (Å²) in [4.78, 5) is 3.72. The molecule has 0 amide bonds. The van der Waals surface area contributed by atoms with E-state index in [1.807, 2.05) is 0 Å². The Balaban J connectivity index is 1.75. The number of hydrogen-bond acceptors (Lipinski definition) is 1. The van der Waals surface area contributed by atoms with Gasteiger partial charge < -0.3 is 15.0 Å². The van der Waals surface area contributed by atoms with Gasteiger partial charge in [0.15, 0.2) is 0 Å². The second-order valence-corrected chi connectivity index (χ2v) is 6.81. The van der Waals surface area contributed by atoms with Crippen molar-refractivity contribution in [3.8, 4) is 5.75 Å². The molecule has 0 bridgehead atoms. The van der Waals surface area contributed by atoms with Crippen molar-refractivity contribution in [2.45, 2.75) is 38.6 Å². The van der Waals surface area contributed by atoms with Crippen LogP contribution in [0.3, 0.4) is 0 Å². The molecule has 3 nitrogen and oxygen atoms in total. The molecule has 22 heavy (non-hydrogen) atoms. The van der Waals surface area contributed by atoms with Crippen LogP contribution in [-0.4, -0.2) is 18.6 Å². The summed E-state index contributed by atoms with van der Waals surface area (Å²) < 4.78 is 5.41. The van der Waals surface area contributed by atoms with Gasteiger partial charge in [-0.2, -0.15) is 0 Å². The van der Waals surface area contributed by atoms with Crippen LogP contribution >= 0.6 is 0 Å². The molecule has 3 heteroatoms. The standard InChI is InChI=1S/C19H24N2O/c1-12-3-5-13(6-4-12)18-19-15(9-10-20-18)16-11-14(22-2)7-8-17(16)21-19/h3,7-8,11,13,18,20-21H,4-6,9-10H2,1-2H3/p+1. The van der Waals surface area contributed by atoms with Crippen molar-refractivity contribution in [1.82, 2.24) is 4.98 Å². The van der Waals surface area contributed by atoms with Crippen LogP contribution in [0.2, 0.25) is 0 Å². The summed E-state index contributed by atoms with van der Waals surface area (Å²) >= 11 is 0. The molecule has 0 fully saturated rings. The van der Waals surface area contributed by atoms with Gasteiger partial charge >= 0.3 is 0 Å². The van der Waals surface area contributed by atoms with E-state index in [1.54, 1.807) is 12.7 Å². The van der Waals surface area contributed by atoms with Crippen molar-refractivity contribution >= 4 is 10.9 Å². The van der Waals surface area contributed by atoms with E-state index < -0.39 is 0 Å². The molecule has 2 heterocycles. The molecule has 1 aromatic carbocycles. The molecule has 3 N–H and O–H groups in total. The largest absolute Gasteiger partial charge is 0.497 e. The monoisotopic (exact) mass is 297 g/mol. The molecule has 2 unspecified atom stereocenters. The van der Waals surface area contributed by atoms with E-state index in [2.05, 4.69) is 41.5 Å². The zero-order valence-corrected chi connectivity index (χ0v) is 13.5. The van der Waals surface area contributed by atoms with Gasteiger partial charge in [0.25, 0.3) is 0 Å². The fourth-order valence-corrected chi connectivity index (χ4v) is 4.19. The summed E-state index contributed by atoms with van der Waals surface area (Å²) in [6, 6.07) is 6.99. The zero-order valence-electron chi connectivity index (χ0n) is 13.5. The molecule has 1 aliphatic carbocycles. The van der Waals surface area contributed by atoms with Crippen molar-refractivity contribution < 1.29 is 10.1 Å². The molecule has 0 saturated carbocycles. The number of rotatable bonds is 2. The lowest BCUT2D eigenvalue weighted by Crippen LogP contribution is -2.88. The number of nitrogens with two attached hydrogens (primary N) is 1. The van der Waals surface area contributed by atoms with E-state index in [0.717, 1.165) is 18.1 Å². The van der Waals surface area contributed by atoms with E-state index >= 15 is 0 Å². The first-order valence-electron chi connectivity index (χ1n) is 8.43. The highest BCUT2D eigenvalue weighted by Gasteiger charge is 2.34. The van der Waals surface area contributed by atoms with Gasteiger partial charge in [0.1, 0.15) is 11.8 Å². The summed E-state index contributed by atoms with van der Waals surface area (Å²) in [5.74, 6) is 1.72. The number of methoxy groups -OCH3 is 1. The van der Waals surface area contributed by atoms with E-state index in [4.69, 9.17) is 4.74 Å². The van der Waals surface area contributed by atoms with Gasteiger partial charge in [-0.25, -0.2) is 0 Å². The molecule has 0 radical (unpaired) electrons. The van der Waals surface area contributed by atoms with Crippen molar-refractivity contribution in [2.24, 2.45) is 5.92 Å². The van der Waals surface area contributed by atoms with Gasteiger partial charge in [0, 0.05) is 23.2 Å². The third-order valence-electron chi connectivity index (χ3n) is 5.48. The van der Waals surface area contributed by atoms with E-state index in [9.17, 15) is 0 Å². The molecule has 2 aromatic rings. The Morgan fingerprint density at radius 1 is 1.27 bits per heavy atom. The SMILES string of the molecule is COc1ccc2[nH]c3c(c2c1)CC[NH2+]C3C1CC=C(C)CC1. The summed E-state index contributed by atoms with van der Waals surface area (Å²) in [5, 5.41) is 3.91.